The third kappa shape index (κ3) is 4.45. The van der Waals surface area contributed by atoms with Gasteiger partial charge in [0, 0.05) is 32.5 Å². The van der Waals surface area contributed by atoms with Crippen LogP contribution in [0.3, 0.4) is 0 Å². The Kier molecular flexibility index (Phi) is 5.81. The van der Waals surface area contributed by atoms with Gasteiger partial charge in [0.05, 0.1) is 6.04 Å². The number of imide groups is 1. The number of amides is 3. The Labute approximate surface area is 148 Å². The Morgan fingerprint density at radius 1 is 1.08 bits per heavy atom. The Morgan fingerprint density at radius 3 is 2.52 bits per heavy atom. The minimum Gasteiger partial charge on any atom is -0.353 e. The summed E-state index contributed by atoms with van der Waals surface area (Å²) >= 11 is 0. The highest BCUT2D eigenvalue weighted by atomic mass is 16.2. The molecule has 25 heavy (non-hydrogen) atoms. The Bertz CT molecular complexity index is 616. The maximum Gasteiger partial charge on any atom is 0.237 e. The van der Waals surface area contributed by atoms with Gasteiger partial charge >= 0.3 is 0 Å². The van der Waals surface area contributed by atoms with E-state index in [0.717, 1.165) is 25.9 Å². The number of nitrogens with zero attached hydrogens (tertiary/aromatic N) is 2. The number of rotatable bonds is 6. The highest BCUT2D eigenvalue weighted by molar-refractivity contribution is 5.97. The maximum atomic E-state index is 12.5. The van der Waals surface area contributed by atoms with Gasteiger partial charge in [-0.05, 0) is 31.4 Å². The van der Waals surface area contributed by atoms with E-state index in [1.54, 1.807) is 0 Å². The molecular formula is C19H25N3O3. The second kappa shape index (κ2) is 8.25. The molecule has 2 fully saturated rings. The molecule has 1 aromatic carbocycles. The van der Waals surface area contributed by atoms with Gasteiger partial charge in [-0.1, -0.05) is 30.3 Å². The lowest BCUT2D eigenvalue weighted by Crippen LogP contribution is -2.47. The van der Waals surface area contributed by atoms with Gasteiger partial charge in [0.15, 0.2) is 0 Å². The number of hydrogen-bond acceptors (Lipinski definition) is 4. The van der Waals surface area contributed by atoms with Crippen molar-refractivity contribution in [1.82, 2.24) is 15.1 Å². The highest BCUT2D eigenvalue weighted by Gasteiger charge is 2.31. The van der Waals surface area contributed by atoms with Crippen molar-refractivity contribution in [2.24, 2.45) is 0 Å². The van der Waals surface area contributed by atoms with Crippen LogP contribution in [-0.2, 0) is 20.9 Å². The van der Waals surface area contributed by atoms with Crippen LogP contribution >= 0.6 is 0 Å². The molecule has 1 aromatic rings. The van der Waals surface area contributed by atoms with E-state index in [0.29, 0.717) is 25.8 Å². The van der Waals surface area contributed by atoms with Gasteiger partial charge < -0.3 is 5.32 Å². The van der Waals surface area contributed by atoms with Gasteiger partial charge in [0.25, 0.3) is 0 Å². The number of nitrogens with one attached hydrogen (secondary N) is 1. The standard InChI is InChI=1S/C19H25N3O3/c23-17-9-4-10-18(24)22(17)13-11-20-19(25)16-8-5-12-21(16)14-15-6-2-1-3-7-15/h1-3,6-7,16H,4-5,8-14H2,(H,20,25)/t16-/m1/s1. The van der Waals surface area contributed by atoms with Gasteiger partial charge in [-0.25, -0.2) is 0 Å². The molecule has 2 heterocycles. The first kappa shape index (κ1) is 17.6. The minimum absolute atomic E-state index is 0.00895. The second-order valence-electron chi connectivity index (χ2n) is 6.70. The molecule has 6 nitrogen and oxygen atoms in total. The molecule has 0 unspecified atom stereocenters. The quantitative estimate of drug-likeness (QED) is 0.791. The molecule has 2 aliphatic heterocycles. The molecular weight excluding hydrogens is 318 g/mol. The third-order valence-electron chi connectivity index (χ3n) is 4.91. The first-order valence-electron chi connectivity index (χ1n) is 9.04. The van der Waals surface area contributed by atoms with E-state index in [-0.39, 0.29) is 30.3 Å². The predicted molar refractivity (Wildman–Crippen MR) is 93.5 cm³/mol. The van der Waals surface area contributed by atoms with Crippen molar-refractivity contribution in [3.05, 3.63) is 35.9 Å². The van der Waals surface area contributed by atoms with Crippen LogP contribution in [-0.4, -0.2) is 53.2 Å². The van der Waals surface area contributed by atoms with Gasteiger partial charge in [0.2, 0.25) is 17.7 Å². The smallest absolute Gasteiger partial charge is 0.237 e. The summed E-state index contributed by atoms with van der Waals surface area (Å²) in [6.45, 7) is 2.28. The lowest BCUT2D eigenvalue weighted by atomic mass is 10.1. The monoisotopic (exact) mass is 343 g/mol. The molecule has 1 N–H and O–H groups in total. The average molecular weight is 343 g/mol. The molecule has 0 bridgehead atoms. The van der Waals surface area contributed by atoms with E-state index < -0.39 is 0 Å². The zero-order valence-corrected chi connectivity index (χ0v) is 14.4. The zero-order valence-electron chi connectivity index (χ0n) is 14.4. The first-order chi connectivity index (χ1) is 12.1. The normalized spacial score (nSPS) is 21.6. The highest BCUT2D eigenvalue weighted by Crippen LogP contribution is 2.20. The van der Waals surface area contributed by atoms with E-state index in [9.17, 15) is 14.4 Å². The number of piperidine rings is 1. The summed E-state index contributed by atoms with van der Waals surface area (Å²) in [5, 5.41) is 2.90. The van der Waals surface area contributed by atoms with Crippen LogP contribution in [0.2, 0.25) is 0 Å². The summed E-state index contributed by atoms with van der Waals surface area (Å²) in [5.41, 5.74) is 1.20. The summed E-state index contributed by atoms with van der Waals surface area (Å²) in [4.78, 5) is 39.5. The zero-order chi connectivity index (χ0) is 17.6. The van der Waals surface area contributed by atoms with Crippen molar-refractivity contribution in [1.29, 1.82) is 0 Å². The molecule has 2 aliphatic rings. The summed E-state index contributed by atoms with van der Waals surface area (Å²) in [6.07, 6.45) is 3.34. The fraction of sp³-hybridized carbons (Fsp3) is 0.526. The molecule has 0 aromatic heterocycles. The maximum absolute atomic E-state index is 12.5. The summed E-state index contributed by atoms with van der Waals surface area (Å²) < 4.78 is 0. The molecule has 0 aliphatic carbocycles. The minimum atomic E-state index is -0.132. The van der Waals surface area contributed by atoms with Gasteiger partial charge in [0.1, 0.15) is 0 Å². The van der Waals surface area contributed by atoms with Crippen LogP contribution in [0.5, 0.6) is 0 Å². The topological polar surface area (TPSA) is 69.7 Å². The van der Waals surface area contributed by atoms with Crippen LogP contribution in [0, 0.1) is 0 Å². The molecule has 1 atom stereocenters. The van der Waals surface area contributed by atoms with E-state index in [1.165, 1.54) is 10.5 Å². The van der Waals surface area contributed by atoms with E-state index in [4.69, 9.17) is 0 Å². The van der Waals surface area contributed by atoms with Gasteiger partial charge in [-0.3, -0.25) is 24.2 Å². The van der Waals surface area contributed by atoms with Crippen molar-refractivity contribution in [2.45, 2.75) is 44.7 Å². The third-order valence-corrected chi connectivity index (χ3v) is 4.91. The van der Waals surface area contributed by atoms with Crippen LogP contribution < -0.4 is 5.32 Å². The molecule has 0 saturated carbocycles. The molecule has 0 radical (unpaired) electrons. The fourth-order valence-corrected chi connectivity index (χ4v) is 3.59. The number of carbonyl (C=O) groups excluding carboxylic acids is 3. The Morgan fingerprint density at radius 2 is 1.80 bits per heavy atom. The average Bonchev–Trinajstić information content (AvgIpc) is 3.06. The number of likely N-dealkylation sites (tertiary alicyclic amines) is 2. The first-order valence-corrected chi connectivity index (χ1v) is 9.04. The summed E-state index contributed by atoms with van der Waals surface area (Å²) in [5.74, 6) is -0.264. The van der Waals surface area contributed by atoms with Crippen LogP contribution in [0.25, 0.3) is 0 Å². The second-order valence-corrected chi connectivity index (χ2v) is 6.70. The Hall–Kier alpha value is -2.21. The summed E-state index contributed by atoms with van der Waals surface area (Å²) in [7, 11) is 0. The fourth-order valence-electron chi connectivity index (χ4n) is 3.59. The van der Waals surface area contributed by atoms with Crippen LogP contribution in [0.4, 0.5) is 0 Å². The lowest BCUT2D eigenvalue weighted by Gasteiger charge is -2.26. The SMILES string of the molecule is O=C(NCCN1C(=O)CCCC1=O)[C@H]1CCCN1Cc1ccccc1. The molecule has 0 spiro atoms. The largest absolute Gasteiger partial charge is 0.353 e. The van der Waals surface area contributed by atoms with Crippen molar-refractivity contribution in [3.8, 4) is 0 Å². The number of carbonyl (C=O) groups is 3. The van der Waals surface area contributed by atoms with Crippen molar-refractivity contribution in [2.75, 3.05) is 19.6 Å². The molecule has 6 heteroatoms. The van der Waals surface area contributed by atoms with Gasteiger partial charge in [-0.2, -0.15) is 0 Å². The lowest BCUT2D eigenvalue weighted by molar-refractivity contribution is -0.148. The number of benzene rings is 1. The summed E-state index contributed by atoms with van der Waals surface area (Å²) in [6, 6.07) is 10.0. The van der Waals surface area contributed by atoms with Crippen molar-refractivity contribution in [3.63, 3.8) is 0 Å². The molecule has 134 valence electrons. The van der Waals surface area contributed by atoms with Gasteiger partial charge in [-0.15, -0.1) is 0 Å². The van der Waals surface area contributed by atoms with E-state index >= 15 is 0 Å². The van der Waals surface area contributed by atoms with Crippen molar-refractivity contribution < 1.29 is 14.4 Å². The van der Waals surface area contributed by atoms with Crippen LogP contribution in [0.15, 0.2) is 30.3 Å². The molecule has 2 saturated heterocycles. The van der Waals surface area contributed by atoms with Crippen LogP contribution in [0.1, 0.15) is 37.7 Å². The van der Waals surface area contributed by atoms with Crippen molar-refractivity contribution >= 4 is 17.7 Å². The van der Waals surface area contributed by atoms with E-state index in [1.807, 2.05) is 18.2 Å². The predicted octanol–water partition coefficient (Wildman–Crippen LogP) is 1.31. The Balaban J connectivity index is 1.48. The van der Waals surface area contributed by atoms with E-state index in [2.05, 4.69) is 22.3 Å². The molecule has 3 rings (SSSR count). The molecule has 3 amide bonds. The number of hydrogen-bond donors (Lipinski definition) is 1.